The number of esters is 1. The van der Waals surface area contributed by atoms with Crippen molar-refractivity contribution in [2.45, 2.75) is 18.9 Å². The fourth-order valence-corrected chi connectivity index (χ4v) is 1.50. The third-order valence-electron chi connectivity index (χ3n) is 2.68. The summed E-state index contributed by atoms with van der Waals surface area (Å²) in [5.74, 6) is -1.86. The van der Waals surface area contributed by atoms with Crippen LogP contribution in [0.2, 0.25) is 0 Å². The Bertz CT molecular complexity index is 574. The molecule has 1 fully saturated rings. The summed E-state index contributed by atoms with van der Waals surface area (Å²) >= 11 is 0. The second-order valence-corrected chi connectivity index (χ2v) is 4.70. The first-order valence-corrected chi connectivity index (χ1v) is 6.67. The van der Waals surface area contributed by atoms with Crippen molar-refractivity contribution in [2.75, 3.05) is 13.2 Å². The van der Waals surface area contributed by atoms with Crippen molar-refractivity contribution in [1.82, 2.24) is 10.6 Å². The standard InChI is InChI=1S/C14H15FN2O5/c15-9-2-1-3-11(6-9)21-8-13(19)22-7-12(18)17-14(20)16-10-4-5-10/h1-3,6,10H,4-5,7-8H2,(H2,16,17,18,20). The molecule has 2 N–H and O–H groups in total. The van der Waals surface area contributed by atoms with Crippen LogP contribution >= 0.6 is 0 Å². The number of hydrogen-bond donors (Lipinski definition) is 2. The summed E-state index contributed by atoms with van der Waals surface area (Å²) < 4.78 is 22.5. The summed E-state index contributed by atoms with van der Waals surface area (Å²) in [6, 6.07) is 4.77. The van der Waals surface area contributed by atoms with E-state index in [0.717, 1.165) is 18.9 Å². The summed E-state index contributed by atoms with van der Waals surface area (Å²) in [6.45, 7) is -1.06. The molecule has 0 spiro atoms. The molecule has 118 valence electrons. The minimum atomic E-state index is -0.804. The number of amides is 3. The maximum atomic E-state index is 12.9. The van der Waals surface area contributed by atoms with Crippen molar-refractivity contribution < 1.29 is 28.2 Å². The molecular formula is C14H15FN2O5. The quantitative estimate of drug-likeness (QED) is 0.756. The van der Waals surface area contributed by atoms with Crippen LogP contribution in [0.5, 0.6) is 5.75 Å². The van der Waals surface area contributed by atoms with Gasteiger partial charge in [-0.2, -0.15) is 0 Å². The SMILES string of the molecule is O=C(COC(=O)COc1cccc(F)c1)NC(=O)NC1CC1. The van der Waals surface area contributed by atoms with Gasteiger partial charge >= 0.3 is 12.0 Å². The molecule has 1 aromatic carbocycles. The van der Waals surface area contributed by atoms with Gasteiger partial charge in [0.05, 0.1) is 0 Å². The highest BCUT2D eigenvalue weighted by Gasteiger charge is 2.24. The van der Waals surface area contributed by atoms with Crippen molar-refractivity contribution in [3.05, 3.63) is 30.1 Å². The van der Waals surface area contributed by atoms with Crippen LogP contribution in [0.15, 0.2) is 24.3 Å². The Morgan fingerprint density at radius 2 is 2.00 bits per heavy atom. The Kier molecular flexibility index (Phi) is 5.29. The topological polar surface area (TPSA) is 93.7 Å². The minimum Gasteiger partial charge on any atom is -0.482 e. The van der Waals surface area contributed by atoms with E-state index in [4.69, 9.17) is 4.74 Å². The number of benzene rings is 1. The normalized spacial score (nSPS) is 13.1. The van der Waals surface area contributed by atoms with Crippen molar-refractivity contribution in [2.24, 2.45) is 0 Å². The molecule has 0 radical (unpaired) electrons. The Morgan fingerprint density at radius 3 is 2.68 bits per heavy atom. The Labute approximate surface area is 125 Å². The predicted octanol–water partition coefficient (Wildman–Crippen LogP) is 0.736. The molecule has 2 rings (SSSR count). The van der Waals surface area contributed by atoms with Gasteiger partial charge in [-0.3, -0.25) is 10.1 Å². The molecule has 0 bridgehead atoms. The molecular weight excluding hydrogens is 295 g/mol. The van der Waals surface area contributed by atoms with Gasteiger partial charge in [-0.05, 0) is 25.0 Å². The zero-order valence-corrected chi connectivity index (χ0v) is 11.6. The Balaban J connectivity index is 1.62. The van der Waals surface area contributed by atoms with Crippen LogP contribution < -0.4 is 15.4 Å². The highest BCUT2D eigenvalue weighted by molar-refractivity contribution is 5.95. The largest absolute Gasteiger partial charge is 0.482 e. The van der Waals surface area contributed by atoms with Gasteiger partial charge in [0.2, 0.25) is 0 Å². The van der Waals surface area contributed by atoms with Crippen LogP contribution in [0.3, 0.4) is 0 Å². The monoisotopic (exact) mass is 310 g/mol. The first-order chi connectivity index (χ1) is 10.5. The molecule has 0 aliphatic heterocycles. The third-order valence-corrected chi connectivity index (χ3v) is 2.68. The minimum absolute atomic E-state index is 0.120. The smallest absolute Gasteiger partial charge is 0.344 e. The molecule has 8 heteroatoms. The lowest BCUT2D eigenvalue weighted by Gasteiger charge is -2.08. The maximum absolute atomic E-state index is 12.9. The molecule has 0 unspecified atom stereocenters. The van der Waals surface area contributed by atoms with Crippen molar-refractivity contribution >= 4 is 17.9 Å². The van der Waals surface area contributed by atoms with Gasteiger partial charge < -0.3 is 14.8 Å². The van der Waals surface area contributed by atoms with Gasteiger partial charge in [0.25, 0.3) is 5.91 Å². The number of hydrogen-bond acceptors (Lipinski definition) is 5. The van der Waals surface area contributed by atoms with E-state index >= 15 is 0 Å². The average Bonchev–Trinajstić information content (AvgIpc) is 3.26. The van der Waals surface area contributed by atoms with E-state index in [1.807, 2.05) is 5.32 Å². The van der Waals surface area contributed by atoms with Crippen LogP contribution in [-0.4, -0.2) is 37.2 Å². The average molecular weight is 310 g/mol. The number of urea groups is 1. The van der Waals surface area contributed by atoms with E-state index in [2.05, 4.69) is 10.1 Å². The molecule has 1 aliphatic rings. The second-order valence-electron chi connectivity index (χ2n) is 4.70. The van der Waals surface area contributed by atoms with Crippen molar-refractivity contribution in [1.29, 1.82) is 0 Å². The van der Waals surface area contributed by atoms with Gasteiger partial charge in [0.15, 0.2) is 13.2 Å². The molecule has 0 saturated heterocycles. The number of rotatable bonds is 6. The molecule has 3 amide bonds. The van der Waals surface area contributed by atoms with E-state index in [0.29, 0.717) is 0 Å². The highest BCUT2D eigenvalue weighted by Crippen LogP contribution is 2.18. The number of halogens is 1. The van der Waals surface area contributed by atoms with Crippen LogP contribution in [0.1, 0.15) is 12.8 Å². The molecule has 7 nitrogen and oxygen atoms in total. The van der Waals surface area contributed by atoms with Crippen LogP contribution in [0, 0.1) is 5.82 Å². The van der Waals surface area contributed by atoms with Gasteiger partial charge in [0.1, 0.15) is 11.6 Å². The molecule has 1 saturated carbocycles. The molecule has 22 heavy (non-hydrogen) atoms. The summed E-state index contributed by atoms with van der Waals surface area (Å²) in [5.41, 5.74) is 0. The molecule has 0 aromatic heterocycles. The number of ether oxygens (including phenoxy) is 2. The van der Waals surface area contributed by atoms with Crippen LogP contribution in [0.4, 0.5) is 9.18 Å². The maximum Gasteiger partial charge on any atom is 0.344 e. The van der Waals surface area contributed by atoms with Gasteiger partial charge in [-0.25, -0.2) is 14.0 Å². The van der Waals surface area contributed by atoms with Crippen molar-refractivity contribution in [3.63, 3.8) is 0 Å². The second kappa shape index (κ2) is 7.39. The van der Waals surface area contributed by atoms with Gasteiger partial charge in [-0.1, -0.05) is 6.07 Å². The first-order valence-electron chi connectivity index (χ1n) is 6.67. The summed E-state index contributed by atoms with van der Waals surface area (Å²) in [5, 5.41) is 4.58. The lowest BCUT2D eigenvalue weighted by molar-refractivity contribution is -0.150. The number of nitrogens with one attached hydrogen (secondary N) is 2. The highest BCUT2D eigenvalue weighted by atomic mass is 19.1. The Hall–Kier alpha value is -2.64. The van der Waals surface area contributed by atoms with E-state index in [1.54, 1.807) is 0 Å². The van der Waals surface area contributed by atoms with E-state index in [9.17, 15) is 18.8 Å². The molecule has 0 atom stereocenters. The van der Waals surface area contributed by atoms with E-state index in [1.165, 1.54) is 18.2 Å². The van der Waals surface area contributed by atoms with Crippen LogP contribution in [-0.2, 0) is 14.3 Å². The number of carbonyl (C=O) groups excluding carboxylic acids is 3. The molecule has 1 aliphatic carbocycles. The lowest BCUT2D eigenvalue weighted by atomic mass is 10.3. The zero-order valence-electron chi connectivity index (χ0n) is 11.6. The van der Waals surface area contributed by atoms with E-state index in [-0.39, 0.29) is 11.8 Å². The molecule has 0 heterocycles. The number of imide groups is 1. The van der Waals surface area contributed by atoms with Gasteiger partial charge in [-0.15, -0.1) is 0 Å². The van der Waals surface area contributed by atoms with Crippen molar-refractivity contribution in [3.8, 4) is 5.75 Å². The third kappa shape index (κ3) is 5.78. The Morgan fingerprint density at radius 1 is 1.23 bits per heavy atom. The fourth-order valence-electron chi connectivity index (χ4n) is 1.50. The van der Waals surface area contributed by atoms with Crippen LogP contribution in [0.25, 0.3) is 0 Å². The zero-order chi connectivity index (χ0) is 15.9. The molecule has 1 aromatic rings. The summed E-state index contributed by atoms with van der Waals surface area (Å²) in [6.07, 6.45) is 1.79. The predicted molar refractivity (Wildman–Crippen MR) is 72.6 cm³/mol. The van der Waals surface area contributed by atoms with Gasteiger partial charge in [0, 0.05) is 12.1 Å². The summed E-state index contributed by atoms with van der Waals surface area (Å²) in [7, 11) is 0. The number of carbonyl (C=O) groups is 3. The first kappa shape index (κ1) is 15.7. The summed E-state index contributed by atoms with van der Waals surface area (Å²) in [4.78, 5) is 33.9. The van der Waals surface area contributed by atoms with E-state index < -0.39 is 36.9 Å². The lowest BCUT2D eigenvalue weighted by Crippen LogP contribution is -2.42. The fraction of sp³-hybridized carbons (Fsp3) is 0.357.